The Bertz CT molecular complexity index is 1130. The van der Waals surface area contributed by atoms with Gasteiger partial charge in [-0.05, 0) is 56.2 Å². The molecule has 0 aliphatic rings. The molecule has 0 N–H and O–H groups in total. The largest absolute Gasteiger partial charge is 0.491 e. The number of nitrogens with zero attached hydrogens (tertiary/aromatic N) is 2. The molecule has 0 saturated heterocycles. The molecule has 4 aromatic rings. The average Bonchev–Trinajstić information content (AvgIpc) is 3.07. The summed E-state index contributed by atoms with van der Waals surface area (Å²) in [5.74, 6) is 2.72. The fourth-order valence-corrected chi connectivity index (χ4v) is 3.55. The maximum Gasteiger partial charge on any atom is 0.148 e. The van der Waals surface area contributed by atoms with Gasteiger partial charge in [-0.3, -0.25) is 0 Å². The third kappa shape index (κ3) is 4.27. The first kappa shape index (κ1) is 19.1. The lowest BCUT2D eigenvalue weighted by Gasteiger charge is -2.13. The number of hydrogen-bond donors (Lipinski definition) is 0. The highest BCUT2D eigenvalue weighted by Crippen LogP contribution is 2.22. The van der Waals surface area contributed by atoms with Crippen LogP contribution in [0.3, 0.4) is 0 Å². The Hall–Kier alpha value is -3.27. The summed E-state index contributed by atoms with van der Waals surface area (Å²) in [4.78, 5) is 4.79. The Labute approximate surface area is 171 Å². The van der Waals surface area contributed by atoms with Crippen molar-refractivity contribution in [3.05, 3.63) is 89.2 Å². The molecule has 1 aromatic heterocycles. The van der Waals surface area contributed by atoms with Gasteiger partial charge in [0.05, 0.1) is 17.6 Å². The first-order valence-corrected chi connectivity index (χ1v) is 9.94. The zero-order valence-electron chi connectivity index (χ0n) is 17.2. The fourth-order valence-electron chi connectivity index (χ4n) is 3.55. The average molecular weight is 386 g/mol. The van der Waals surface area contributed by atoms with E-state index in [1.165, 1.54) is 5.56 Å². The molecule has 0 bridgehead atoms. The summed E-state index contributed by atoms with van der Waals surface area (Å²) >= 11 is 0. The monoisotopic (exact) mass is 386 g/mol. The predicted molar refractivity (Wildman–Crippen MR) is 117 cm³/mol. The molecular formula is C25H26N2O2. The van der Waals surface area contributed by atoms with Crippen LogP contribution in [0.2, 0.25) is 0 Å². The quantitative estimate of drug-likeness (QED) is 0.414. The Morgan fingerprint density at radius 1 is 0.793 bits per heavy atom. The molecule has 0 radical (unpaired) electrons. The van der Waals surface area contributed by atoms with Gasteiger partial charge in [-0.1, -0.05) is 48.0 Å². The van der Waals surface area contributed by atoms with Gasteiger partial charge < -0.3 is 14.0 Å². The minimum absolute atomic E-state index is 0.420. The van der Waals surface area contributed by atoms with Crippen LogP contribution >= 0.6 is 0 Å². The van der Waals surface area contributed by atoms with Crippen LogP contribution in [0.4, 0.5) is 0 Å². The maximum absolute atomic E-state index is 6.07. The number of rotatable bonds is 7. The highest BCUT2D eigenvalue weighted by Gasteiger charge is 2.12. The second kappa shape index (κ2) is 8.39. The van der Waals surface area contributed by atoms with Crippen LogP contribution in [-0.2, 0) is 13.2 Å². The number of para-hydroxylation sites is 3. The first-order chi connectivity index (χ1) is 14.1. The molecule has 1 heterocycles. The van der Waals surface area contributed by atoms with Gasteiger partial charge >= 0.3 is 0 Å². The Morgan fingerprint density at radius 2 is 1.55 bits per heavy atom. The van der Waals surface area contributed by atoms with E-state index in [0.717, 1.165) is 39.5 Å². The van der Waals surface area contributed by atoms with Crippen molar-refractivity contribution in [1.29, 1.82) is 0 Å². The van der Waals surface area contributed by atoms with Crippen LogP contribution in [0.1, 0.15) is 22.5 Å². The number of ether oxygens (including phenoxy) is 2. The van der Waals surface area contributed by atoms with Crippen molar-refractivity contribution in [2.24, 2.45) is 0 Å². The fraction of sp³-hybridized carbons (Fsp3) is 0.240. The van der Waals surface area contributed by atoms with Crippen molar-refractivity contribution in [1.82, 2.24) is 9.55 Å². The normalized spacial score (nSPS) is 11.0. The van der Waals surface area contributed by atoms with Gasteiger partial charge in [-0.2, -0.15) is 0 Å². The van der Waals surface area contributed by atoms with Crippen molar-refractivity contribution in [2.75, 3.05) is 6.61 Å². The van der Waals surface area contributed by atoms with Crippen molar-refractivity contribution < 1.29 is 9.47 Å². The van der Waals surface area contributed by atoms with Gasteiger partial charge in [0.15, 0.2) is 0 Å². The molecule has 29 heavy (non-hydrogen) atoms. The summed E-state index contributed by atoms with van der Waals surface area (Å²) in [7, 11) is 0. The van der Waals surface area contributed by atoms with Gasteiger partial charge in [0, 0.05) is 0 Å². The summed E-state index contributed by atoms with van der Waals surface area (Å²) in [6.45, 7) is 7.92. The van der Waals surface area contributed by atoms with Crippen molar-refractivity contribution in [3.63, 3.8) is 0 Å². The van der Waals surface area contributed by atoms with E-state index >= 15 is 0 Å². The second-order valence-electron chi connectivity index (χ2n) is 7.34. The number of benzene rings is 3. The molecule has 3 aromatic carbocycles. The van der Waals surface area contributed by atoms with E-state index in [4.69, 9.17) is 14.5 Å². The summed E-state index contributed by atoms with van der Waals surface area (Å²) < 4.78 is 14.3. The SMILES string of the molecule is Cc1ccc(OCCn2c(COc3ccccc3C)nc3ccccc32)c(C)c1. The van der Waals surface area contributed by atoms with Crippen LogP contribution in [-0.4, -0.2) is 16.2 Å². The standard InChI is InChI=1S/C25H26N2O2/c1-18-12-13-24(20(3)16-18)28-15-14-27-22-10-6-5-9-21(22)26-25(27)17-29-23-11-7-4-8-19(23)2/h4-13,16H,14-15,17H2,1-3H3. The number of aryl methyl sites for hydroxylation is 3. The van der Waals surface area contributed by atoms with Gasteiger partial charge in [0.1, 0.15) is 30.5 Å². The first-order valence-electron chi connectivity index (χ1n) is 9.94. The molecule has 148 valence electrons. The van der Waals surface area contributed by atoms with E-state index in [9.17, 15) is 0 Å². The van der Waals surface area contributed by atoms with Crippen LogP contribution in [0, 0.1) is 20.8 Å². The number of aromatic nitrogens is 2. The molecule has 0 atom stereocenters. The van der Waals surface area contributed by atoms with E-state index in [-0.39, 0.29) is 0 Å². The summed E-state index contributed by atoms with van der Waals surface area (Å²) in [6, 6.07) is 22.5. The van der Waals surface area contributed by atoms with Gasteiger partial charge in [-0.25, -0.2) is 4.98 Å². The Kier molecular flexibility index (Phi) is 5.52. The predicted octanol–water partition coefficient (Wildman–Crippen LogP) is 5.62. The molecular weight excluding hydrogens is 360 g/mol. The molecule has 0 aliphatic heterocycles. The molecule has 4 nitrogen and oxygen atoms in total. The summed E-state index contributed by atoms with van der Waals surface area (Å²) in [6.07, 6.45) is 0. The third-order valence-electron chi connectivity index (χ3n) is 5.09. The summed E-state index contributed by atoms with van der Waals surface area (Å²) in [5.41, 5.74) is 5.59. The molecule has 0 spiro atoms. The lowest BCUT2D eigenvalue weighted by Crippen LogP contribution is -2.13. The second-order valence-corrected chi connectivity index (χ2v) is 7.34. The number of fused-ring (bicyclic) bond motifs is 1. The topological polar surface area (TPSA) is 36.3 Å². The highest BCUT2D eigenvalue weighted by molar-refractivity contribution is 5.75. The zero-order valence-corrected chi connectivity index (χ0v) is 17.2. The molecule has 0 unspecified atom stereocenters. The molecule has 0 amide bonds. The van der Waals surface area contributed by atoms with Crippen LogP contribution in [0.25, 0.3) is 11.0 Å². The van der Waals surface area contributed by atoms with E-state index in [2.05, 4.69) is 49.6 Å². The zero-order chi connectivity index (χ0) is 20.2. The number of hydrogen-bond acceptors (Lipinski definition) is 3. The summed E-state index contributed by atoms with van der Waals surface area (Å²) in [5, 5.41) is 0. The number of imidazole rings is 1. The van der Waals surface area contributed by atoms with Gasteiger partial charge in [-0.15, -0.1) is 0 Å². The van der Waals surface area contributed by atoms with E-state index in [0.29, 0.717) is 19.8 Å². The lowest BCUT2D eigenvalue weighted by molar-refractivity contribution is 0.270. The molecule has 4 heteroatoms. The van der Waals surface area contributed by atoms with E-state index in [1.807, 2.05) is 42.5 Å². The molecule has 0 saturated carbocycles. The van der Waals surface area contributed by atoms with Crippen molar-refractivity contribution in [3.8, 4) is 11.5 Å². The van der Waals surface area contributed by atoms with Crippen LogP contribution < -0.4 is 9.47 Å². The minimum Gasteiger partial charge on any atom is -0.491 e. The van der Waals surface area contributed by atoms with Crippen LogP contribution in [0.15, 0.2) is 66.7 Å². The third-order valence-corrected chi connectivity index (χ3v) is 5.09. The van der Waals surface area contributed by atoms with Gasteiger partial charge in [0.2, 0.25) is 0 Å². The van der Waals surface area contributed by atoms with E-state index in [1.54, 1.807) is 0 Å². The Balaban J connectivity index is 1.52. The van der Waals surface area contributed by atoms with Crippen molar-refractivity contribution in [2.45, 2.75) is 33.9 Å². The lowest BCUT2D eigenvalue weighted by atomic mass is 10.1. The van der Waals surface area contributed by atoms with Gasteiger partial charge in [0.25, 0.3) is 0 Å². The smallest absolute Gasteiger partial charge is 0.148 e. The highest BCUT2D eigenvalue weighted by atomic mass is 16.5. The Morgan fingerprint density at radius 3 is 2.38 bits per heavy atom. The van der Waals surface area contributed by atoms with Crippen molar-refractivity contribution >= 4 is 11.0 Å². The maximum atomic E-state index is 6.07. The molecule has 4 rings (SSSR count). The minimum atomic E-state index is 0.420. The molecule has 0 aliphatic carbocycles. The molecule has 0 fully saturated rings. The van der Waals surface area contributed by atoms with E-state index < -0.39 is 0 Å². The van der Waals surface area contributed by atoms with Crippen LogP contribution in [0.5, 0.6) is 11.5 Å².